The van der Waals surface area contributed by atoms with Crippen LogP contribution in [-0.4, -0.2) is 33.1 Å². The molecule has 2 aromatic rings. The van der Waals surface area contributed by atoms with Gasteiger partial charge in [0.1, 0.15) is 0 Å². The molecule has 1 amide bonds. The fourth-order valence-corrected chi connectivity index (χ4v) is 2.58. The molecular formula is C17H20ClN3O3. The lowest BCUT2D eigenvalue weighted by atomic mass is 9.92. The summed E-state index contributed by atoms with van der Waals surface area (Å²) in [6.07, 6.45) is 6.13. The van der Waals surface area contributed by atoms with Crippen LogP contribution in [0.3, 0.4) is 0 Å². The molecule has 2 rings (SSSR count). The van der Waals surface area contributed by atoms with Crippen LogP contribution in [0.1, 0.15) is 30.7 Å². The van der Waals surface area contributed by atoms with Gasteiger partial charge in [-0.3, -0.25) is 9.59 Å². The van der Waals surface area contributed by atoms with Crippen LogP contribution in [0, 0.1) is 0 Å². The van der Waals surface area contributed by atoms with E-state index >= 15 is 0 Å². The van der Waals surface area contributed by atoms with E-state index in [4.69, 9.17) is 16.7 Å². The first-order chi connectivity index (χ1) is 11.5. The molecule has 24 heavy (non-hydrogen) atoms. The molecule has 0 saturated heterocycles. The lowest BCUT2D eigenvalue weighted by Crippen LogP contribution is -2.27. The fourth-order valence-electron chi connectivity index (χ4n) is 2.46. The van der Waals surface area contributed by atoms with E-state index in [1.165, 1.54) is 0 Å². The van der Waals surface area contributed by atoms with Crippen LogP contribution in [0.5, 0.6) is 0 Å². The summed E-state index contributed by atoms with van der Waals surface area (Å²) in [7, 11) is 0. The van der Waals surface area contributed by atoms with Crippen molar-refractivity contribution in [3.05, 3.63) is 53.6 Å². The normalized spacial score (nSPS) is 11.9. The first-order valence-corrected chi connectivity index (χ1v) is 8.12. The number of aryl methyl sites for hydroxylation is 1. The van der Waals surface area contributed by atoms with Crippen molar-refractivity contribution in [1.29, 1.82) is 0 Å². The molecule has 0 spiro atoms. The number of carboxylic acids is 1. The molecule has 1 aromatic carbocycles. The van der Waals surface area contributed by atoms with Gasteiger partial charge in [0.2, 0.25) is 5.91 Å². The Morgan fingerprint density at radius 1 is 1.25 bits per heavy atom. The topological polar surface area (TPSA) is 84.2 Å². The molecule has 128 valence electrons. The summed E-state index contributed by atoms with van der Waals surface area (Å²) in [6, 6.07) is 6.94. The zero-order valence-electron chi connectivity index (χ0n) is 13.2. The number of nitrogens with zero attached hydrogens (tertiary/aromatic N) is 2. The molecule has 1 aromatic heterocycles. The lowest BCUT2D eigenvalue weighted by Gasteiger charge is -2.15. The minimum Gasteiger partial charge on any atom is -0.481 e. The van der Waals surface area contributed by atoms with E-state index in [2.05, 4.69) is 10.3 Å². The van der Waals surface area contributed by atoms with Crippen molar-refractivity contribution < 1.29 is 14.7 Å². The van der Waals surface area contributed by atoms with Crippen molar-refractivity contribution in [2.75, 3.05) is 6.54 Å². The third-order valence-electron chi connectivity index (χ3n) is 3.67. The number of aliphatic carboxylic acids is 1. The number of imidazole rings is 1. The van der Waals surface area contributed by atoms with Gasteiger partial charge in [0.25, 0.3) is 0 Å². The van der Waals surface area contributed by atoms with Crippen LogP contribution in [0.2, 0.25) is 5.02 Å². The van der Waals surface area contributed by atoms with E-state index in [9.17, 15) is 9.59 Å². The Kier molecular flexibility index (Phi) is 6.81. The molecule has 2 N–H and O–H groups in total. The minimum absolute atomic E-state index is 0.0932. The predicted molar refractivity (Wildman–Crippen MR) is 90.9 cm³/mol. The first kappa shape index (κ1) is 18.0. The Morgan fingerprint density at radius 2 is 2.00 bits per heavy atom. The highest BCUT2D eigenvalue weighted by molar-refractivity contribution is 6.30. The summed E-state index contributed by atoms with van der Waals surface area (Å²) in [5.41, 5.74) is 0.801. The quantitative estimate of drug-likeness (QED) is 0.682. The molecule has 1 atom stereocenters. The van der Waals surface area contributed by atoms with Crippen LogP contribution in [-0.2, 0) is 16.1 Å². The number of hydrogen-bond acceptors (Lipinski definition) is 3. The number of carboxylic acid groups (broad SMARTS) is 1. The molecule has 7 heteroatoms. The zero-order valence-corrected chi connectivity index (χ0v) is 13.9. The Morgan fingerprint density at radius 3 is 2.62 bits per heavy atom. The van der Waals surface area contributed by atoms with Crippen LogP contribution in [0.4, 0.5) is 0 Å². The molecule has 1 heterocycles. The maximum Gasteiger partial charge on any atom is 0.303 e. The number of rotatable bonds is 9. The second-order valence-corrected chi connectivity index (χ2v) is 5.99. The van der Waals surface area contributed by atoms with Crippen LogP contribution in [0.15, 0.2) is 43.0 Å². The Balaban J connectivity index is 1.82. The second-order valence-electron chi connectivity index (χ2n) is 5.55. The molecule has 0 bridgehead atoms. The summed E-state index contributed by atoms with van der Waals surface area (Å²) in [6.45, 7) is 1.31. The van der Waals surface area contributed by atoms with Crippen molar-refractivity contribution in [1.82, 2.24) is 14.9 Å². The molecule has 0 radical (unpaired) electrons. The molecule has 0 aliphatic heterocycles. The van der Waals surface area contributed by atoms with Crippen LogP contribution >= 0.6 is 11.6 Å². The van der Waals surface area contributed by atoms with Crippen molar-refractivity contribution in [3.63, 3.8) is 0 Å². The SMILES string of the molecule is O=C(O)CC(CC(=O)NCCCn1ccnc1)c1ccc(Cl)cc1. The number of benzene rings is 1. The molecule has 0 aliphatic rings. The molecule has 6 nitrogen and oxygen atoms in total. The van der Waals surface area contributed by atoms with Crippen LogP contribution in [0.25, 0.3) is 0 Å². The summed E-state index contributed by atoms with van der Waals surface area (Å²) >= 11 is 5.85. The number of halogens is 1. The maximum atomic E-state index is 12.1. The van der Waals surface area contributed by atoms with E-state index < -0.39 is 5.97 Å². The minimum atomic E-state index is -0.928. The monoisotopic (exact) mass is 349 g/mol. The van der Waals surface area contributed by atoms with Gasteiger partial charge in [-0.1, -0.05) is 23.7 Å². The summed E-state index contributed by atoms with van der Waals surface area (Å²) in [5.74, 6) is -1.45. The van der Waals surface area contributed by atoms with Crippen molar-refractivity contribution in [2.45, 2.75) is 31.7 Å². The van der Waals surface area contributed by atoms with E-state index in [-0.39, 0.29) is 24.7 Å². The van der Waals surface area contributed by atoms with Crippen molar-refractivity contribution >= 4 is 23.5 Å². The van der Waals surface area contributed by atoms with Crippen molar-refractivity contribution in [3.8, 4) is 0 Å². The van der Waals surface area contributed by atoms with Gasteiger partial charge in [0, 0.05) is 42.8 Å². The van der Waals surface area contributed by atoms with Gasteiger partial charge in [-0.05, 0) is 24.1 Å². The predicted octanol–water partition coefficient (Wildman–Crippen LogP) is 2.69. The molecule has 1 unspecified atom stereocenters. The number of amides is 1. The van der Waals surface area contributed by atoms with Gasteiger partial charge in [0.05, 0.1) is 12.7 Å². The first-order valence-electron chi connectivity index (χ1n) is 7.74. The average Bonchev–Trinajstić information content (AvgIpc) is 3.04. The van der Waals surface area contributed by atoms with Crippen LogP contribution < -0.4 is 5.32 Å². The molecule has 0 fully saturated rings. The largest absolute Gasteiger partial charge is 0.481 e. The summed E-state index contributed by atoms with van der Waals surface area (Å²) in [5, 5.41) is 12.5. The van der Waals surface area contributed by atoms with Gasteiger partial charge < -0.3 is 15.0 Å². The van der Waals surface area contributed by atoms with E-state index in [0.717, 1.165) is 18.5 Å². The zero-order chi connectivity index (χ0) is 17.4. The Labute approximate surface area is 145 Å². The van der Waals surface area contributed by atoms with Gasteiger partial charge in [-0.2, -0.15) is 0 Å². The highest BCUT2D eigenvalue weighted by Gasteiger charge is 2.19. The van der Waals surface area contributed by atoms with Gasteiger partial charge in [-0.25, -0.2) is 4.98 Å². The van der Waals surface area contributed by atoms with Gasteiger partial charge >= 0.3 is 5.97 Å². The number of hydrogen-bond donors (Lipinski definition) is 2. The fraction of sp³-hybridized carbons (Fsp3) is 0.353. The summed E-state index contributed by atoms with van der Waals surface area (Å²) < 4.78 is 1.94. The van der Waals surface area contributed by atoms with Gasteiger partial charge in [0.15, 0.2) is 0 Å². The lowest BCUT2D eigenvalue weighted by molar-refractivity contribution is -0.137. The highest BCUT2D eigenvalue weighted by Crippen LogP contribution is 2.25. The van der Waals surface area contributed by atoms with E-state index in [0.29, 0.717) is 11.6 Å². The van der Waals surface area contributed by atoms with Crippen molar-refractivity contribution in [2.24, 2.45) is 0 Å². The Hall–Kier alpha value is -2.34. The third kappa shape index (κ3) is 6.04. The van der Waals surface area contributed by atoms with Gasteiger partial charge in [-0.15, -0.1) is 0 Å². The Bertz CT molecular complexity index is 656. The number of carbonyl (C=O) groups excluding carboxylic acids is 1. The third-order valence-corrected chi connectivity index (χ3v) is 3.92. The molecular weight excluding hydrogens is 330 g/mol. The smallest absolute Gasteiger partial charge is 0.303 e. The molecule has 0 saturated carbocycles. The standard InChI is InChI=1S/C17H20ClN3O3/c18-15-4-2-13(3-5-15)14(11-17(23)24)10-16(22)20-6-1-8-21-9-7-19-12-21/h2-5,7,9,12,14H,1,6,8,10-11H2,(H,20,22)(H,23,24). The highest BCUT2D eigenvalue weighted by atomic mass is 35.5. The maximum absolute atomic E-state index is 12.1. The number of aromatic nitrogens is 2. The average molecular weight is 350 g/mol. The number of nitrogens with one attached hydrogen (secondary N) is 1. The second kappa shape index (κ2) is 9.08. The summed E-state index contributed by atoms with van der Waals surface area (Å²) in [4.78, 5) is 27.1. The number of carbonyl (C=O) groups is 2. The van der Waals surface area contributed by atoms with E-state index in [1.54, 1.807) is 36.8 Å². The molecule has 0 aliphatic carbocycles. The van der Waals surface area contributed by atoms with E-state index in [1.807, 2.05) is 10.8 Å².